The molecule has 2 aromatic rings. The third-order valence-electron chi connectivity index (χ3n) is 3.16. The first-order valence-corrected chi connectivity index (χ1v) is 6.37. The van der Waals surface area contributed by atoms with Gasteiger partial charge >= 0.3 is 0 Å². The van der Waals surface area contributed by atoms with Gasteiger partial charge in [-0.05, 0) is 5.56 Å². The lowest BCUT2D eigenvalue weighted by atomic mass is 10.1. The van der Waals surface area contributed by atoms with Gasteiger partial charge in [-0.25, -0.2) is 4.98 Å². The van der Waals surface area contributed by atoms with Crippen molar-refractivity contribution in [1.29, 1.82) is 0 Å². The molecule has 0 unspecified atom stereocenters. The van der Waals surface area contributed by atoms with E-state index in [0.29, 0.717) is 12.2 Å². The molecular weight excluding hydrogens is 256 g/mol. The Bertz CT molecular complexity index is 636. The highest BCUT2D eigenvalue weighted by Gasteiger charge is 2.25. The molecule has 1 aromatic carbocycles. The number of carbonyl (C=O) groups is 2. The molecule has 2 heterocycles. The second-order valence-electron chi connectivity index (χ2n) is 4.63. The second kappa shape index (κ2) is 5.16. The van der Waals surface area contributed by atoms with Crippen LogP contribution in [0.25, 0.3) is 0 Å². The number of anilines is 1. The van der Waals surface area contributed by atoms with Crippen LogP contribution in [0, 0.1) is 0 Å². The topological polar surface area (TPSA) is 78.1 Å². The lowest BCUT2D eigenvalue weighted by Gasteiger charge is -2.24. The Hall–Kier alpha value is -2.63. The van der Waals surface area contributed by atoms with Crippen molar-refractivity contribution >= 4 is 17.6 Å². The number of rotatable bonds is 3. The van der Waals surface area contributed by atoms with Crippen LogP contribution in [0.2, 0.25) is 0 Å². The van der Waals surface area contributed by atoms with Gasteiger partial charge in [-0.15, -0.1) is 0 Å². The summed E-state index contributed by atoms with van der Waals surface area (Å²) in [7, 11) is 0. The van der Waals surface area contributed by atoms with E-state index in [1.54, 1.807) is 6.20 Å². The summed E-state index contributed by atoms with van der Waals surface area (Å²) in [5, 5.41) is 2.51. The van der Waals surface area contributed by atoms with Crippen molar-refractivity contribution in [3.63, 3.8) is 0 Å². The first kappa shape index (κ1) is 12.4. The van der Waals surface area contributed by atoms with Crippen LogP contribution in [-0.2, 0) is 16.0 Å². The summed E-state index contributed by atoms with van der Waals surface area (Å²) < 4.78 is 0. The van der Waals surface area contributed by atoms with Crippen molar-refractivity contribution in [2.24, 2.45) is 0 Å². The van der Waals surface area contributed by atoms with Gasteiger partial charge in [-0.2, -0.15) is 0 Å². The van der Waals surface area contributed by atoms with Crippen molar-refractivity contribution in [3.05, 3.63) is 47.9 Å². The number of imidazole rings is 1. The van der Waals surface area contributed by atoms with Crippen LogP contribution in [0.15, 0.2) is 36.5 Å². The Balaban J connectivity index is 1.76. The van der Waals surface area contributed by atoms with Gasteiger partial charge in [0, 0.05) is 6.42 Å². The molecule has 20 heavy (non-hydrogen) atoms. The average Bonchev–Trinajstić information content (AvgIpc) is 2.91. The SMILES string of the molecule is O=C1CN(c2cnc(Cc3ccccc3)[nH]2)C(=O)CN1. The number of carbonyl (C=O) groups excluding carboxylic acids is 2. The Kier molecular flexibility index (Phi) is 3.20. The first-order valence-electron chi connectivity index (χ1n) is 6.37. The molecule has 0 spiro atoms. The number of aromatic nitrogens is 2. The van der Waals surface area contributed by atoms with E-state index in [9.17, 15) is 9.59 Å². The fraction of sp³-hybridized carbons (Fsp3) is 0.214. The van der Waals surface area contributed by atoms with Crippen molar-refractivity contribution in [3.8, 4) is 0 Å². The minimum absolute atomic E-state index is 0.0335. The monoisotopic (exact) mass is 270 g/mol. The van der Waals surface area contributed by atoms with Crippen molar-refractivity contribution in [2.75, 3.05) is 18.0 Å². The Morgan fingerprint density at radius 1 is 1.20 bits per heavy atom. The number of H-pyrrole nitrogens is 1. The summed E-state index contributed by atoms with van der Waals surface area (Å²) in [6, 6.07) is 9.93. The number of hydrogen-bond donors (Lipinski definition) is 2. The van der Waals surface area contributed by atoms with Crippen LogP contribution in [0.3, 0.4) is 0 Å². The highest BCUT2D eigenvalue weighted by molar-refractivity contribution is 6.03. The maximum absolute atomic E-state index is 11.8. The smallest absolute Gasteiger partial charge is 0.248 e. The van der Waals surface area contributed by atoms with Gasteiger partial charge in [0.2, 0.25) is 11.8 Å². The van der Waals surface area contributed by atoms with Crippen molar-refractivity contribution in [2.45, 2.75) is 6.42 Å². The van der Waals surface area contributed by atoms with Crippen LogP contribution in [0.5, 0.6) is 0 Å². The van der Waals surface area contributed by atoms with Gasteiger partial charge in [0.05, 0.1) is 12.7 Å². The largest absolute Gasteiger partial charge is 0.345 e. The predicted molar refractivity (Wildman–Crippen MR) is 73.2 cm³/mol. The zero-order chi connectivity index (χ0) is 13.9. The predicted octanol–water partition coefficient (Wildman–Crippen LogP) is 0.463. The second-order valence-corrected chi connectivity index (χ2v) is 4.63. The molecule has 1 aliphatic heterocycles. The Labute approximate surface area is 115 Å². The zero-order valence-electron chi connectivity index (χ0n) is 10.8. The molecule has 1 aromatic heterocycles. The fourth-order valence-electron chi connectivity index (χ4n) is 2.14. The highest BCUT2D eigenvalue weighted by Crippen LogP contribution is 2.14. The summed E-state index contributed by atoms with van der Waals surface area (Å²) in [5.74, 6) is 1.03. The van der Waals surface area contributed by atoms with Crippen molar-refractivity contribution < 1.29 is 9.59 Å². The molecule has 0 radical (unpaired) electrons. The molecule has 102 valence electrons. The molecule has 6 heteroatoms. The molecule has 0 aliphatic carbocycles. The molecule has 6 nitrogen and oxygen atoms in total. The minimum atomic E-state index is -0.163. The van der Waals surface area contributed by atoms with Crippen LogP contribution in [0.4, 0.5) is 5.82 Å². The molecule has 0 atom stereocenters. The van der Waals surface area contributed by atoms with Gasteiger partial charge in [-0.3, -0.25) is 14.5 Å². The van der Waals surface area contributed by atoms with Crippen LogP contribution in [-0.4, -0.2) is 34.9 Å². The number of aromatic amines is 1. The van der Waals surface area contributed by atoms with E-state index in [4.69, 9.17) is 0 Å². The standard InChI is InChI=1S/C14H14N4O2/c19-13-9-18(14(20)8-16-13)12-7-15-11(17-12)6-10-4-2-1-3-5-10/h1-5,7H,6,8-9H2,(H,15,17)(H,16,19). The maximum Gasteiger partial charge on any atom is 0.248 e. The number of benzene rings is 1. The molecule has 2 N–H and O–H groups in total. The Morgan fingerprint density at radius 2 is 2.00 bits per heavy atom. The van der Waals surface area contributed by atoms with Gasteiger partial charge in [0.1, 0.15) is 18.2 Å². The van der Waals surface area contributed by atoms with Gasteiger partial charge < -0.3 is 10.3 Å². The van der Waals surface area contributed by atoms with Crippen molar-refractivity contribution in [1.82, 2.24) is 15.3 Å². The molecule has 1 aliphatic rings. The normalized spacial score (nSPS) is 15.3. The van der Waals surface area contributed by atoms with Crippen LogP contribution in [0.1, 0.15) is 11.4 Å². The fourth-order valence-corrected chi connectivity index (χ4v) is 2.14. The van der Waals surface area contributed by atoms with E-state index >= 15 is 0 Å². The lowest BCUT2D eigenvalue weighted by Crippen LogP contribution is -2.51. The summed E-state index contributed by atoms with van der Waals surface area (Å²) in [6.45, 7) is 0.0671. The maximum atomic E-state index is 11.8. The molecule has 2 amide bonds. The average molecular weight is 270 g/mol. The van der Waals surface area contributed by atoms with Crippen LogP contribution < -0.4 is 10.2 Å². The summed E-state index contributed by atoms with van der Waals surface area (Å²) in [5.41, 5.74) is 1.14. The highest BCUT2D eigenvalue weighted by atomic mass is 16.2. The van der Waals surface area contributed by atoms with E-state index in [-0.39, 0.29) is 24.9 Å². The number of amides is 2. The van der Waals surface area contributed by atoms with Gasteiger partial charge in [0.25, 0.3) is 0 Å². The number of nitrogens with one attached hydrogen (secondary N) is 2. The van der Waals surface area contributed by atoms with E-state index < -0.39 is 0 Å². The molecule has 1 fully saturated rings. The van der Waals surface area contributed by atoms with E-state index in [1.165, 1.54) is 4.90 Å². The van der Waals surface area contributed by atoms with E-state index in [2.05, 4.69) is 15.3 Å². The first-order chi connectivity index (χ1) is 9.72. The summed E-state index contributed by atoms with van der Waals surface area (Å²) >= 11 is 0. The van der Waals surface area contributed by atoms with Gasteiger partial charge in [-0.1, -0.05) is 30.3 Å². The molecule has 0 saturated carbocycles. The third kappa shape index (κ3) is 2.54. The molecule has 0 bridgehead atoms. The summed E-state index contributed by atoms with van der Waals surface area (Å²) in [4.78, 5) is 31.9. The number of nitrogens with zero attached hydrogens (tertiary/aromatic N) is 2. The van der Waals surface area contributed by atoms with Crippen LogP contribution >= 0.6 is 0 Å². The minimum Gasteiger partial charge on any atom is -0.345 e. The van der Waals surface area contributed by atoms with E-state index in [1.807, 2.05) is 30.3 Å². The third-order valence-corrected chi connectivity index (χ3v) is 3.16. The number of hydrogen-bond acceptors (Lipinski definition) is 3. The molecular formula is C14H14N4O2. The van der Waals surface area contributed by atoms with E-state index in [0.717, 1.165) is 11.4 Å². The molecule has 3 rings (SSSR count). The summed E-state index contributed by atoms with van der Waals surface area (Å²) in [6.07, 6.45) is 2.25. The quantitative estimate of drug-likeness (QED) is 0.850. The molecule has 1 saturated heterocycles. The van der Waals surface area contributed by atoms with Gasteiger partial charge in [0.15, 0.2) is 0 Å². The lowest BCUT2D eigenvalue weighted by molar-refractivity contribution is -0.128. The Morgan fingerprint density at radius 3 is 2.80 bits per heavy atom. The zero-order valence-corrected chi connectivity index (χ0v) is 10.8. The number of piperazine rings is 1.